The lowest BCUT2D eigenvalue weighted by Gasteiger charge is -2.19. The van der Waals surface area contributed by atoms with Gasteiger partial charge in [0.1, 0.15) is 0 Å². The van der Waals surface area contributed by atoms with Gasteiger partial charge in [0.2, 0.25) is 5.91 Å². The lowest BCUT2D eigenvalue weighted by molar-refractivity contribution is 0.1000. The van der Waals surface area contributed by atoms with E-state index in [1.54, 1.807) is 24.3 Å². The molecule has 0 aromatic heterocycles. The average molecular weight is 334 g/mol. The van der Waals surface area contributed by atoms with Crippen molar-refractivity contribution < 1.29 is 14.0 Å². The standard InChI is InChI=1S/C16H13ClFN3O2/c17-12-5-2-6-13(14(12)18)21-8-7-20(16(21)23)11-4-1-3-10(9-11)15(19)22/h1-6,9H,7-8H2,(H2,19,22). The second-order valence-corrected chi connectivity index (χ2v) is 5.48. The zero-order valence-electron chi connectivity index (χ0n) is 12.0. The van der Waals surface area contributed by atoms with E-state index in [1.165, 1.54) is 28.0 Å². The monoisotopic (exact) mass is 333 g/mol. The number of carbonyl (C=O) groups excluding carboxylic acids is 2. The van der Waals surface area contributed by atoms with Gasteiger partial charge < -0.3 is 5.73 Å². The molecule has 5 nitrogen and oxygen atoms in total. The Hall–Kier alpha value is -2.60. The number of carbonyl (C=O) groups is 2. The molecule has 0 bridgehead atoms. The highest BCUT2D eigenvalue weighted by molar-refractivity contribution is 6.31. The van der Waals surface area contributed by atoms with Crippen molar-refractivity contribution in [3.63, 3.8) is 0 Å². The van der Waals surface area contributed by atoms with Gasteiger partial charge in [-0.05, 0) is 30.3 Å². The van der Waals surface area contributed by atoms with Crippen LogP contribution in [0.5, 0.6) is 0 Å². The number of rotatable bonds is 3. The van der Waals surface area contributed by atoms with Crippen LogP contribution in [0.3, 0.4) is 0 Å². The number of hydrogen-bond acceptors (Lipinski definition) is 2. The molecule has 1 fully saturated rings. The van der Waals surface area contributed by atoms with E-state index in [-0.39, 0.29) is 16.7 Å². The lowest BCUT2D eigenvalue weighted by atomic mass is 10.2. The van der Waals surface area contributed by atoms with E-state index >= 15 is 0 Å². The van der Waals surface area contributed by atoms with Gasteiger partial charge in [-0.3, -0.25) is 14.6 Å². The summed E-state index contributed by atoms with van der Waals surface area (Å²) in [4.78, 5) is 26.6. The fourth-order valence-electron chi connectivity index (χ4n) is 2.53. The highest BCUT2D eigenvalue weighted by Crippen LogP contribution is 2.30. The van der Waals surface area contributed by atoms with Crippen LogP contribution in [0, 0.1) is 5.82 Å². The van der Waals surface area contributed by atoms with Crippen LogP contribution in [0.1, 0.15) is 10.4 Å². The Kier molecular flexibility index (Phi) is 3.92. The minimum atomic E-state index is -0.629. The van der Waals surface area contributed by atoms with Crippen molar-refractivity contribution in [2.24, 2.45) is 5.73 Å². The summed E-state index contributed by atoms with van der Waals surface area (Å²) < 4.78 is 14.1. The van der Waals surface area contributed by atoms with Crippen molar-refractivity contribution >= 4 is 34.9 Å². The van der Waals surface area contributed by atoms with E-state index in [4.69, 9.17) is 17.3 Å². The Labute approximate surface area is 137 Å². The molecular formula is C16H13ClFN3O2. The summed E-state index contributed by atoms with van der Waals surface area (Å²) in [6.07, 6.45) is 0. The lowest BCUT2D eigenvalue weighted by Crippen LogP contribution is -2.32. The molecule has 2 N–H and O–H groups in total. The molecule has 118 valence electrons. The highest BCUT2D eigenvalue weighted by atomic mass is 35.5. The van der Waals surface area contributed by atoms with Crippen LogP contribution in [0.25, 0.3) is 0 Å². The molecule has 7 heteroatoms. The first kappa shape index (κ1) is 15.3. The smallest absolute Gasteiger partial charge is 0.329 e. The van der Waals surface area contributed by atoms with Crippen LogP contribution in [-0.2, 0) is 0 Å². The molecule has 1 aliphatic rings. The summed E-state index contributed by atoms with van der Waals surface area (Å²) in [5, 5.41) is -0.0375. The van der Waals surface area contributed by atoms with Gasteiger partial charge in [0.15, 0.2) is 5.82 Å². The minimum absolute atomic E-state index is 0.0375. The minimum Gasteiger partial charge on any atom is -0.366 e. The van der Waals surface area contributed by atoms with Gasteiger partial charge in [-0.15, -0.1) is 0 Å². The maximum Gasteiger partial charge on any atom is 0.329 e. The van der Waals surface area contributed by atoms with Crippen molar-refractivity contribution in [1.29, 1.82) is 0 Å². The number of benzene rings is 2. The molecule has 1 heterocycles. The summed E-state index contributed by atoms with van der Waals surface area (Å²) >= 11 is 5.77. The van der Waals surface area contributed by atoms with Gasteiger partial charge in [0, 0.05) is 24.3 Å². The molecule has 3 rings (SSSR count). The normalized spacial score (nSPS) is 14.4. The summed E-state index contributed by atoms with van der Waals surface area (Å²) in [7, 11) is 0. The van der Waals surface area contributed by atoms with Crippen LogP contribution >= 0.6 is 11.6 Å². The van der Waals surface area contributed by atoms with Crippen molar-refractivity contribution in [3.8, 4) is 0 Å². The Morgan fingerprint density at radius 2 is 1.83 bits per heavy atom. The van der Waals surface area contributed by atoms with Gasteiger partial charge in [-0.1, -0.05) is 23.7 Å². The van der Waals surface area contributed by atoms with Crippen LogP contribution in [-0.4, -0.2) is 25.0 Å². The second kappa shape index (κ2) is 5.89. The zero-order chi connectivity index (χ0) is 16.6. The number of anilines is 2. The first-order valence-corrected chi connectivity index (χ1v) is 7.30. The highest BCUT2D eigenvalue weighted by Gasteiger charge is 2.32. The van der Waals surface area contributed by atoms with E-state index in [1.807, 2.05) is 0 Å². The predicted molar refractivity (Wildman–Crippen MR) is 86.5 cm³/mol. The van der Waals surface area contributed by atoms with E-state index in [0.29, 0.717) is 24.3 Å². The number of urea groups is 1. The summed E-state index contributed by atoms with van der Waals surface area (Å²) in [6, 6.07) is 10.6. The van der Waals surface area contributed by atoms with Crippen LogP contribution in [0.15, 0.2) is 42.5 Å². The molecule has 0 aliphatic carbocycles. The molecule has 1 saturated heterocycles. The van der Waals surface area contributed by atoms with Crippen molar-refractivity contribution in [3.05, 3.63) is 58.9 Å². The van der Waals surface area contributed by atoms with E-state index in [0.717, 1.165) is 0 Å². The number of nitrogens with zero attached hydrogens (tertiary/aromatic N) is 2. The predicted octanol–water partition coefficient (Wildman–Crippen LogP) is 3.02. The maximum atomic E-state index is 14.1. The molecule has 0 atom stereocenters. The number of hydrogen-bond donors (Lipinski definition) is 1. The topological polar surface area (TPSA) is 66.6 Å². The Morgan fingerprint density at radius 3 is 2.57 bits per heavy atom. The summed E-state index contributed by atoms with van der Waals surface area (Å²) in [5.74, 6) is -1.20. The van der Waals surface area contributed by atoms with Crippen molar-refractivity contribution in [1.82, 2.24) is 0 Å². The molecule has 0 saturated carbocycles. The molecule has 23 heavy (non-hydrogen) atoms. The van der Waals surface area contributed by atoms with Gasteiger partial charge in [-0.25, -0.2) is 9.18 Å². The Balaban J connectivity index is 1.91. The summed E-state index contributed by atoms with van der Waals surface area (Å²) in [5.41, 5.74) is 6.24. The average Bonchev–Trinajstić information content (AvgIpc) is 2.92. The first-order valence-electron chi connectivity index (χ1n) is 6.92. The summed E-state index contributed by atoms with van der Waals surface area (Å²) in [6.45, 7) is 0.684. The zero-order valence-corrected chi connectivity index (χ0v) is 12.8. The van der Waals surface area contributed by atoms with Gasteiger partial charge in [-0.2, -0.15) is 0 Å². The molecule has 2 aromatic carbocycles. The van der Waals surface area contributed by atoms with E-state index in [9.17, 15) is 14.0 Å². The third-order valence-corrected chi connectivity index (χ3v) is 3.97. The maximum absolute atomic E-state index is 14.1. The molecule has 0 unspecified atom stereocenters. The third kappa shape index (κ3) is 2.73. The number of nitrogens with two attached hydrogens (primary N) is 1. The van der Waals surface area contributed by atoms with Crippen LogP contribution < -0.4 is 15.5 Å². The number of halogens is 2. The molecule has 0 spiro atoms. The number of amides is 3. The molecule has 3 amide bonds. The third-order valence-electron chi connectivity index (χ3n) is 3.67. The van der Waals surface area contributed by atoms with E-state index in [2.05, 4.69) is 0 Å². The first-order chi connectivity index (χ1) is 11.0. The van der Waals surface area contributed by atoms with Crippen LogP contribution in [0.2, 0.25) is 5.02 Å². The molecule has 2 aromatic rings. The molecule has 1 aliphatic heterocycles. The van der Waals surface area contributed by atoms with Gasteiger partial charge >= 0.3 is 6.03 Å². The fourth-order valence-corrected chi connectivity index (χ4v) is 2.70. The SMILES string of the molecule is NC(=O)c1cccc(N2CCN(c3cccc(Cl)c3F)C2=O)c1. The van der Waals surface area contributed by atoms with Gasteiger partial charge in [0.25, 0.3) is 0 Å². The quantitative estimate of drug-likeness (QED) is 0.938. The Bertz CT molecular complexity index is 797. The van der Waals surface area contributed by atoms with E-state index < -0.39 is 11.7 Å². The Morgan fingerprint density at radius 1 is 1.13 bits per heavy atom. The van der Waals surface area contributed by atoms with Crippen LogP contribution in [0.4, 0.5) is 20.6 Å². The second-order valence-electron chi connectivity index (χ2n) is 5.07. The van der Waals surface area contributed by atoms with Crippen molar-refractivity contribution in [2.45, 2.75) is 0 Å². The van der Waals surface area contributed by atoms with Gasteiger partial charge in [0.05, 0.1) is 10.7 Å². The molecular weight excluding hydrogens is 321 g/mol. The number of primary amides is 1. The largest absolute Gasteiger partial charge is 0.366 e. The van der Waals surface area contributed by atoms with Crippen molar-refractivity contribution in [2.75, 3.05) is 22.9 Å². The molecule has 0 radical (unpaired) electrons. The fraction of sp³-hybridized carbons (Fsp3) is 0.125.